The molecule has 0 spiro atoms. The van der Waals surface area contributed by atoms with Gasteiger partial charge in [0.1, 0.15) is 5.15 Å². The minimum absolute atomic E-state index is 0.160. The molecule has 0 aliphatic carbocycles. The largest absolute Gasteiger partial charge is 0.313 e. The maximum absolute atomic E-state index is 10.6. The second-order valence-electron chi connectivity index (χ2n) is 1.51. The van der Waals surface area contributed by atoms with Gasteiger partial charge in [0.15, 0.2) is 0 Å². The van der Waals surface area contributed by atoms with Gasteiger partial charge in [-0.25, -0.2) is 0 Å². The highest BCUT2D eigenvalue weighted by atomic mass is 127. The van der Waals surface area contributed by atoms with Crippen LogP contribution in [0, 0.1) is 3.57 Å². The van der Waals surface area contributed by atoms with Gasteiger partial charge in [0.2, 0.25) is 5.56 Å². The highest BCUT2D eigenvalue weighted by Crippen LogP contribution is 2.05. The van der Waals surface area contributed by atoms with E-state index in [0.717, 1.165) is 3.57 Å². The molecular weight excluding hydrogens is 252 g/mol. The molecule has 0 bridgehead atoms. The number of rotatable bonds is 0. The lowest BCUT2D eigenvalue weighted by atomic mass is 10.5. The molecule has 0 aliphatic heterocycles. The number of hydrogen-bond acceptors (Lipinski definition) is 1. The Bertz CT molecular complexity index is 247. The van der Waals surface area contributed by atoms with E-state index < -0.39 is 0 Å². The van der Waals surface area contributed by atoms with Crippen LogP contribution in [0.2, 0.25) is 5.15 Å². The summed E-state index contributed by atoms with van der Waals surface area (Å²) in [4.78, 5) is 13.0. The second kappa shape index (κ2) is 2.70. The van der Waals surface area contributed by atoms with E-state index in [1.165, 1.54) is 6.07 Å². The van der Waals surface area contributed by atoms with Gasteiger partial charge in [-0.05, 0) is 28.7 Å². The first-order valence-electron chi connectivity index (χ1n) is 2.24. The number of nitrogens with one attached hydrogen (secondary N) is 1. The Hall–Kier alpha value is -0.0300. The molecule has 0 aromatic carbocycles. The summed E-state index contributed by atoms with van der Waals surface area (Å²) in [6.07, 6.45) is 0. The second-order valence-corrected chi connectivity index (χ2v) is 3.16. The average Bonchev–Trinajstić information content (AvgIpc) is 1.59. The smallest absolute Gasteiger partial charge is 0.250 e. The van der Waals surface area contributed by atoms with Gasteiger partial charge < -0.3 is 4.98 Å². The molecule has 9 heavy (non-hydrogen) atoms. The molecule has 0 saturated carbocycles. The van der Waals surface area contributed by atoms with Crippen molar-refractivity contribution >= 4 is 34.2 Å². The van der Waals surface area contributed by atoms with E-state index in [1.807, 2.05) is 22.6 Å². The Morgan fingerprint density at radius 1 is 1.56 bits per heavy atom. The van der Waals surface area contributed by atoms with E-state index in [4.69, 9.17) is 11.6 Å². The van der Waals surface area contributed by atoms with Crippen molar-refractivity contribution in [1.29, 1.82) is 0 Å². The molecule has 1 N–H and O–H groups in total. The first-order valence-corrected chi connectivity index (χ1v) is 3.69. The van der Waals surface area contributed by atoms with Crippen molar-refractivity contribution in [1.82, 2.24) is 4.98 Å². The lowest BCUT2D eigenvalue weighted by molar-refractivity contribution is 1.23. The summed E-state index contributed by atoms with van der Waals surface area (Å²) in [7, 11) is 0. The van der Waals surface area contributed by atoms with Crippen LogP contribution in [0.4, 0.5) is 0 Å². The summed E-state index contributed by atoms with van der Waals surface area (Å²) in [5.41, 5.74) is -0.160. The minimum Gasteiger partial charge on any atom is -0.313 e. The summed E-state index contributed by atoms with van der Waals surface area (Å²) in [5.74, 6) is 0. The number of H-pyrrole nitrogens is 1. The molecule has 1 aromatic heterocycles. The Morgan fingerprint density at radius 2 is 2.22 bits per heavy atom. The lowest BCUT2D eigenvalue weighted by Gasteiger charge is -1.88. The van der Waals surface area contributed by atoms with Crippen molar-refractivity contribution in [3.05, 3.63) is 31.2 Å². The van der Waals surface area contributed by atoms with Crippen LogP contribution in [0.3, 0.4) is 0 Å². The van der Waals surface area contributed by atoms with Crippen LogP contribution in [-0.4, -0.2) is 4.98 Å². The van der Waals surface area contributed by atoms with Crippen molar-refractivity contribution in [3.63, 3.8) is 0 Å². The van der Waals surface area contributed by atoms with Gasteiger partial charge in [-0.1, -0.05) is 11.6 Å². The van der Waals surface area contributed by atoms with Crippen LogP contribution in [0.1, 0.15) is 0 Å². The number of hydrogen-bond donors (Lipinski definition) is 1. The summed E-state index contributed by atoms with van der Waals surface area (Å²) >= 11 is 7.52. The summed E-state index contributed by atoms with van der Waals surface area (Å²) in [6, 6.07) is 3.16. The first-order chi connectivity index (χ1) is 4.18. The van der Waals surface area contributed by atoms with E-state index in [9.17, 15) is 4.79 Å². The fourth-order valence-electron chi connectivity index (χ4n) is 0.478. The van der Waals surface area contributed by atoms with Crippen molar-refractivity contribution in [3.8, 4) is 0 Å². The SMILES string of the molecule is O=c1cc(I)cc(Cl)[nH]1. The van der Waals surface area contributed by atoms with Crippen LogP contribution in [0.15, 0.2) is 16.9 Å². The predicted octanol–water partition coefficient (Wildman–Crippen LogP) is 1.63. The number of halogens is 2. The first kappa shape index (κ1) is 7.08. The topological polar surface area (TPSA) is 32.9 Å². The summed E-state index contributed by atoms with van der Waals surface area (Å²) in [5, 5.41) is 0.381. The van der Waals surface area contributed by atoms with Gasteiger partial charge in [0.25, 0.3) is 0 Å². The Labute approximate surface area is 70.4 Å². The molecule has 0 radical (unpaired) electrons. The third-order valence-electron chi connectivity index (χ3n) is 0.776. The average molecular weight is 255 g/mol. The highest BCUT2D eigenvalue weighted by molar-refractivity contribution is 14.1. The quantitative estimate of drug-likeness (QED) is 0.555. The van der Waals surface area contributed by atoms with Crippen molar-refractivity contribution in [2.45, 2.75) is 0 Å². The van der Waals surface area contributed by atoms with E-state index in [0.29, 0.717) is 5.15 Å². The maximum Gasteiger partial charge on any atom is 0.250 e. The van der Waals surface area contributed by atoms with E-state index in [-0.39, 0.29) is 5.56 Å². The zero-order valence-corrected chi connectivity index (χ0v) is 7.23. The fourth-order valence-corrected chi connectivity index (χ4v) is 1.47. The molecule has 48 valence electrons. The van der Waals surface area contributed by atoms with Gasteiger partial charge in [-0.15, -0.1) is 0 Å². The van der Waals surface area contributed by atoms with Crippen LogP contribution >= 0.6 is 34.2 Å². The number of aromatic amines is 1. The molecule has 0 aliphatic rings. The standard InChI is InChI=1S/C5H3ClINO/c6-4-1-3(7)2-5(9)8-4/h1-2H,(H,8,9). The molecule has 1 aromatic rings. The van der Waals surface area contributed by atoms with E-state index >= 15 is 0 Å². The van der Waals surface area contributed by atoms with Crippen LogP contribution < -0.4 is 5.56 Å². The van der Waals surface area contributed by atoms with Crippen molar-refractivity contribution in [2.24, 2.45) is 0 Å². The number of aromatic nitrogens is 1. The predicted molar refractivity (Wildman–Crippen MR) is 44.8 cm³/mol. The molecule has 0 saturated heterocycles. The Morgan fingerprint density at radius 3 is 2.67 bits per heavy atom. The zero-order chi connectivity index (χ0) is 6.85. The molecule has 0 amide bonds. The van der Waals surface area contributed by atoms with Crippen LogP contribution in [0.5, 0.6) is 0 Å². The fraction of sp³-hybridized carbons (Fsp3) is 0. The molecule has 0 unspecified atom stereocenters. The molecule has 0 fully saturated rings. The minimum atomic E-state index is -0.160. The highest BCUT2D eigenvalue weighted by Gasteiger charge is 1.90. The van der Waals surface area contributed by atoms with E-state index in [1.54, 1.807) is 6.07 Å². The Balaban J connectivity index is 3.33. The van der Waals surface area contributed by atoms with Crippen LogP contribution in [-0.2, 0) is 0 Å². The van der Waals surface area contributed by atoms with Crippen LogP contribution in [0.25, 0.3) is 0 Å². The zero-order valence-electron chi connectivity index (χ0n) is 4.32. The van der Waals surface area contributed by atoms with Gasteiger partial charge in [-0.3, -0.25) is 4.79 Å². The monoisotopic (exact) mass is 255 g/mol. The number of pyridine rings is 1. The molecule has 2 nitrogen and oxygen atoms in total. The molecular formula is C5H3ClINO. The van der Waals surface area contributed by atoms with Gasteiger partial charge >= 0.3 is 0 Å². The molecule has 1 rings (SSSR count). The maximum atomic E-state index is 10.6. The third-order valence-corrected chi connectivity index (χ3v) is 1.60. The summed E-state index contributed by atoms with van der Waals surface area (Å²) in [6.45, 7) is 0. The van der Waals surface area contributed by atoms with Gasteiger partial charge in [0.05, 0.1) is 0 Å². The molecule has 1 heterocycles. The Kier molecular flexibility index (Phi) is 2.13. The van der Waals surface area contributed by atoms with Crippen molar-refractivity contribution in [2.75, 3.05) is 0 Å². The van der Waals surface area contributed by atoms with E-state index in [2.05, 4.69) is 4.98 Å². The van der Waals surface area contributed by atoms with Crippen molar-refractivity contribution < 1.29 is 0 Å². The molecule has 4 heteroatoms. The normalized spacial score (nSPS) is 9.56. The van der Waals surface area contributed by atoms with Gasteiger partial charge in [0, 0.05) is 9.64 Å². The van der Waals surface area contributed by atoms with Gasteiger partial charge in [-0.2, -0.15) is 0 Å². The lowest BCUT2D eigenvalue weighted by Crippen LogP contribution is -2.03. The molecule has 0 atom stereocenters. The third kappa shape index (κ3) is 1.98. The summed E-state index contributed by atoms with van der Waals surface area (Å²) < 4.78 is 0.848.